The molecule has 0 aliphatic rings. The van der Waals surface area contributed by atoms with Crippen molar-refractivity contribution in [3.05, 3.63) is 32.6 Å². The van der Waals surface area contributed by atoms with Crippen molar-refractivity contribution in [3.8, 4) is 0 Å². The molecule has 1 aromatic heterocycles. The van der Waals surface area contributed by atoms with Crippen LogP contribution in [0.5, 0.6) is 0 Å². The lowest BCUT2D eigenvalue weighted by Gasteiger charge is -2.28. The van der Waals surface area contributed by atoms with Gasteiger partial charge >= 0.3 is 17.9 Å². The second-order valence-corrected chi connectivity index (χ2v) is 8.85. The van der Waals surface area contributed by atoms with E-state index in [1.165, 1.54) is 6.20 Å². The number of aliphatic hydroxyl groups is 1. The van der Waals surface area contributed by atoms with E-state index in [0.717, 1.165) is 4.57 Å². The Labute approximate surface area is 171 Å². The third kappa shape index (κ3) is 7.19. The Morgan fingerprint density at radius 3 is 2.00 bits per heavy atom. The largest absolute Gasteiger partial charge is 0.511 e. The number of allylic oxidation sites excluding steroid dienone is 1. The molecule has 150 valence electrons. The Hall–Kier alpha value is -2.11. The van der Waals surface area contributed by atoms with Gasteiger partial charge in [0.2, 0.25) is 0 Å². The monoisotopic (exact) mass is 493 g/mol. The van der Waals surface area contributed by atoms with Crippen LogP contribution >= 0.6 is 22.6 Å². The van der Waals surface area contributed by atoms with E-state index in [1.807, 2.05) is 22.6 Å². The van der Waals surface area contributed by atoms with Gasteiger partial charge in [-0.2, -0.15) is 9.88 Å². The molecule has 0 aliphatic carbocycles. The van der Waals surface area contributed by atoms with Gasteiger partial charge in [0.05, 0.1) is 10.1 Å². The van der Waals surface area contributed by atoms with Crippen LogP contribution < -0.4 is 10.6 Å². The van der Waals surface area contributed by atoms with Crippen LogP contribution in [-0.2, 0) is 16.0 Å². The van der Waals surface area contributed by atoms with Gasteiger partial charge in [0.15, 0.2) is 5.82 Å². The van der Waals surface area contributed by atoms with E-state index in [9.17, 15) is 19.5 Å². The van der Waals surface area contributed by atoms with Gasteiger partial charge in [-0.15, -0.1) is 0 Å². The molecule has 0 aliphatic heterocycles. The van der Waals surface area contributed by atoms with E-state index in [4.69, 9.17) is 9.47 Å². The second kappa shape index (κ2) is 8.28. The van der Waals surface area contributed by atoms with Crippen LogP contribution in [0, 0.1) is 3.57 Å². The lowest BCUT2D eigenvalue weighted by Crippen LogP contribution is -2.45. The molecule has 0 aromatic carbocycles. The Bertz CT molecular complexity index is 776. The van der Waals surface area contributed by atoms with Crippen molar-refractivity contribution in [1.82, 2.24) is 9.55 Å². The zero-order valence-corrected chi connectivity index (χ0v) is 18.4. The number of aliphatic hydroxyl groups excluding tert-OH is 1. The van der Waals surface area contributed by atoms with Crippen LogP contribution in [0.25, 0.3) is 0 Å². The van der Waals surface area contributed by atoms with Crippen LogP contribution in [0.1, 0.15) is 41.5 Å². The molecule has 0 saturated heterocycles. The van der Waals surface area contributed by atoms with Gasteiger partial charge in [-0.25, -0.2) is 14.4 Å². The van der Waals surface area contributed by atoms with Crippen molar-refractivity contribution in [3.63, 3.8) is 0 Å². The maximum absolute atomic E-state index is 12.6. The Balaban J connectivity index is 3.44. The smallest absolute Gasteiger partial charge is 0.425 e. The zero-order chi connectivity index (χ0) is 21.2. The highest BCUT2D eigenvalue weighted by Crippen LogP contribution is 2.23. The third-order valence-corrected chi connectivity index (χ3v) is 3.41. The Morgan fingerprint density at radius 1 is 1.19 bits per heavy atom. The molecule has 0 fully saturated rings. The molecule has 1 aromatic rings. The summed E-state index contributed by atoms with van der Waals surface area (Å²) in [5, 5.41) is 9.29. The molecule has 9 nitrogen and oxygen atoms in total. The average Bonchev–Trinajstić information content (AvgIpc) is 2.39. The molecule has 27 heavy (non-hydrogen) atoms. The highest BCUT2D eigenvalue weighted by molar-refractivity contribution is 14.1. The molecule has 1 heterocycles. The first-order valence-corrected chi connectivity index (χ1v) is 9.08. The number of anilines is 1. The minimum Gasteiger partial charge on any atom is -0.511 e. The summed E-state index contributed by atoms with van der Waals surface area (Å²) >= 11 is 1.82. The number of halogens is 1. The van der Waals surface area contributed by atoms with E-state index < -0.39 is 29.1 Å². The van der Waals surface area contributed by atoms with Crippen LogP contribution in [0.15, 0.2) is 23.3 Å². The summed E-state index contributed by atoms with van der Waals surface area (Å²) < 4.78 is 11.9. The standard InChI is InChI=1S/C17H24IN3O6/c1-10(22)8-20-9-11(18)12(19-13(20)23)21(14(24)26-16(2,3)4)15(25)27-17(5,6)7/h9,22H,1,8H2,2-7H3. The molecule has 0 saturated carbocycles. The van der Waals surface area contributed by atoms with Crippen molar-refractivity contribution in [2.45, 2.75) is 59.3 Å². The molecule has 10 heteroatoms. The Morgan fingerprint density at radius 2 is 1.63 bits per heavy atom. The first-order valence-electron chi connectivity index (χ1n) is 8.00. The summed E-state index contributed by atoms with van der Waals surface area (Å²) in [6.07, 6.45) is -0.703. The number of carbonyl (C=O) groups is 2. The molecule has 2 amide bonds. The summed E-state index contributed by atoms with van der Waals surface area (Å²) in [6, 6.07) is 0. The molecule has 0 spiro atoms. The predicted octanol–water partition coefficient (Wildman–Crippen LogP) is 3.60. The first kappa shape index (κ1) is 22.9. The maximum Gasteiger partial charge on any atom is 0.425 e. The number of nitrogens with zero attached hydrogens (tertiary/aromatic N) is 3. The summed E-state index contributed by atoms with van der Waals surface area (Å²) in [7, 11) is 0. The molecule has 1 N–H and O–H groups in total. The SMILES string of the molecule is C=C(O)Cn1cc(I)c(N(C(=O)OC(C)(C)C)C(=O)OC(C)(C)C)nc1=O. The van der Waals surface area contributed by atoms with E-state index in [-0.39, 0.29) is 18.1 Å². The van der Waals surface area contributed by atoms with Gasteiger partial charge in [-0.3, -0.25) is 4.57 Å². The fourth-order valence-electron chi connectivity index (χ4n) is 1.79. The normalized spacial score (nSPS) is 11.7. The zero-order valence-electron chi connectivity index (χ0n) is 16.2. The molecule has 0 bridgehead atoms. The van der Waals surface area contributed by atoms with Crippen molar-refractivity contribution in [1.29, 1.82) is 0 Å². The van der Waals surface area contributed by atoms with Gasteiger partial charge in [-0.05, 0) is 64.1 Å². The van der Waals surface area contributed by atoms with E-state index in [0.29, 0.717) is 8.47 Å². The number of ether oxygens (including phenoxy) is 2. The van der Waals surface area contributed by atoms with Gasteiger partial charge < -0.3 is 14.6 Å². The summed E-state index contributed by atoms with van der Waals surface area (Å²) in [4.78, 5) is 41.8. The summed E-state index contributed by atoms with van der Waals surface area (Å²) in [5.41, 5.74) is -2.54. The van der Waals surface area contributed by atoms with Gasteiger partial charge in [-0.1, -0.05) is 6.58 Å². The number of imide groups is 1. The number of aromatic nitrogens is 2. The van der Waals surface area contributed by atoms with E-state index in [1.54, 1.807) is 41.5 Å². The summed E-state index contributed by atoms with van der Waals surface area (Å²) in [6.45, 7) is 13.0. The topological polar surface area (TPSA) is 111 Å². The van der Waals surface area contributed by atoms with Crippen LogP contribution in [-0.4, -0.2) is 38.0 Å². The van der Waals surface area contributed by atoms with Crippen molar-refractivity contribution in [2.24, 2.45) is 0 Å². The second-order valence-electron chi connectivity index (χ2n) is 7.69. The number of hydrogen-bond donors (Lipinski definition) is 1. The predicted molar refractivity (Wildman–Crippen MR) is 108 cm³/mol. The first-order chi connectivity index (χ1) is 12.1. The molecular formula is C17H24IN3O6. The van der Waals surface area contributed by atoms with Crippen molar-refractivity contribution < 1.29 is 24.2 Å². The quantitative estimate of drug-likeness (QED) is 0.506. The maximum atomic E-state index is 12.6. The van der Waals surface area contributed by atoms with Gasteiger partial charge in [0.1, 0.15) is 17.0 Å². The number of rotatable bonds is 3. The van der Waals surface area contributed by atoms with Gasteiger partial charge in [0.25, 0.3) is 0 Å². The minimum absolute atomic E-state index is 0.166. The van der Waals surface area contributed by atoms with Crippen LogP contribution in [0.3, 0.4) is 0 Å². The highest BCUT2D eigenvalue weighted by Gasteiger charge is 2.35. The van der Waals surface area contributed by atoms with Crippen LogP contribution in [0.2, 0.25) is 0 Å². The molecular weight excluding hydrogens is 469 g/mol. The molecule has 0 unspecified atom stereocenters. The number of carbonyl (C=O) groups excluding carboxylic acids is 2. The molecule has 1 rings (SSSR count). The molecule has 0 atom stereocenters. The fourth-order valence-corrected chi connectivity index (χ4v) is 2.49. The number of amides is 2. The average molecular weight is 493 g/mol. The third-order valence-electron chi connectivity index (χ3n) is 2.65. The van der Waals surface area contributed by atoms with Crippen LogP contribution in [0.4, 0.5) is 15.4 Å². The summed E-state index contributed by atoms with van der Waals surface area (Å²) in [5.74, 6) is -0.456. The van der Waals surface area contributed by atoms with Crippen molar-refractivity contribution >= 4 is 40.6 Å². The van der Waals surface area contributed by atoms with E-state index in [2.05, 4.69) is 11.6 Å². The van der Waals surface area contributed by atoms with Gasteiger partial charge in [0, 0.05) is 6.20 Å². The Kier molecular flexibility index (Phi) is 7.03. The fraction of sp³-hybridized carbons (Fsp3) is 0.529. The number of hydrogen-bond acceptors (Lipinski definition) is 7. The van der Waals surface area contributed by atoms with E-state index >= 15 is 0 Å². The highest BCUT2D eigenvalue weighted by atomic mass is 127. The van der Waals surface area contributed by atoms with Crippen molar-refractivity contribution in [2.75, 3.05) is 4.90 Å². The lowest BCUT2D eigenvalue weighted by molar-refractivity contribution is 0.0428. The lowest BCUT2D eigenvalue weighted by atomic mass is 10.2. The molecule has 0 radical (unpaired) electrons. The minimum atomic E-state index is -1.02.